The molecule has 0 amide bonds. The Kier molecular flexibility index (Phi) is 4.01. The fraction of sp³-hybridized carbons (Fsp3) is 0.400. The SMILES string of the molecule is C[C@H](c1nc(C2CC2)no1)S(=O)(=O)Cc1csc(-c2cccs2)n1. The van der Waals surface area contributed by atoms with E-state index < -0.39 is 15.1 Å². The zero-order valence-electron chi connectivity index (χ0n) is 12.9. The van der Waals surface area contributed by atoms with Crippen LogP contribution in [-0.2, 0) is 15.6 Å². The van der Waals surface area contributed by atoms with Gasteiger partial charge in [-0.2, -0.15) is 4.98 Å². The average molecular weight is 382 g/mol. The Morgan fingerprint density at radius 1 is 1.33 bits per heavy atom. The van der Waals surface area contributed by atoms with Gasteiger partial charge in [-0.25, -0.2) is 13.4 Å². The van der Waals surface area contributed by atoms with E-state index in [1.807, 2.05) is 17.5 Å². The predicted molar refractivity (Wildman–Crippen MR) is 92.7 cm³/mol. The number of rotatable bonds is 6. The lowest BCUT2D eigenvalue weighted by Gasteiger charge is -2.07. The molecule has 3 aromatic rings. The smallest absolute Gasteiger partial charge is 0.244 e. The van der Waals surface area contributed by atoms with Crippen molar-refractivity contribution in [1.29, 1.82) is 0 Å². The fourth-order valence-corrected chi connectivity index (χ4v) is 5.24. The quantitative estimate of drug-likeness (QED) is 0.645. The summed E-state index contributed by atoms with van der Waals surface area (Å²) in [4.78, 5) is 9.74. The summed E-state index contributed by atoms with van der Waals surface area (Å²) in [6.45, 7) is 1.59. The lowest BCUT2D eigenvalue weighted by molar-refractivity contribution is 0.371. The van der Waals surface area contributed by atoms with E-state index in [1.54, 1.807) is 23.6 Å². The third-order valence-electron chi connectivity index (χ3n) is 3.92. The molecule has 3 aromatic heterocycles. The van der Waals surface area contributed by atoms with Gasteiger partial charge < -0.3 is 4.52 Å². The van der Waals surface area contributed by atoms with Crippen molar-refractivity contribution in [3.05, 3.63) is 40.3 Å². The second kappa shape index (κ2) is 6.05. The highest BCUT2D eigenvalue weighted by molar-refractivity contribution is 7.90. The monoisotopic (exact) mass is 381 g/mol. The van der Waals surface area contributed by atoms with Gasteiger partial charge >= 0.3 is 0 Å². The topological polar surface area (TPSA) is 86.0 Å². The first-order chi connectivity index (χ1) is 11.5. The minimum absolute atomic E-state index is 0.128. The lowest BCUT2D eigenvalue weighted by Crippen LogP contribution is -2.13. The maximum absolute atomic E-state index is 12.6. The highest BCUT2D eigenvalue weighted by Gasteiger charge is 2.33. The minimum atomic E-state index is -3.46. The summed E-state index contributed by atoms with van der Waals surface area (Å²) in [5.41, 5.74) is 0.553. The molecule has 1 fully saturated rings. The van der Waals surface area contributed by atoms with Crippen LogP contribution < -0.4 is 0 Å². The van der Waals surface area contributed by atoms with Crippen LogP contribution in [0.5, 0.6) is 0 Å². The van der Waals surface area contributed by atoms with Gasteiger partial charge in [-0.05, 0) is 31.2 Å². The van der Waals surface area contributed by atoms with E-state index in [9.17, 15) is 8.42 Å². The molecule has 0 unspecified atom stereocenters. The van der Waals surface area contributed by atoms with E-state index in [1.165, 1.54) is 11.3 Å². The number of nitrogens with zero attached hydrogens (tertiary/aromatic N) is 3. The molecule has 0 bridgehead atoms. The third-order valence-corrected chi connectivity index (χ3v) is 7.83. The van der Waals surface area contributed by atoms with E-state index in [0.29, 0.717) is 17.4 Å². The molecule has 4 rings (SSSR count). The third kappa shape index (κ3) is 3.15. The van der Waals surface area contributed by atoms with Crippen LogP contribution in [0.3, 0.4) is 0 Å². The van der Waals surface area contributed by atoms with Gasteiger partial charge in [0, 0.05) is 11.3 Å². The summed E-state index contributed by atoms with van der Waals surface area (Å²) in [6, 6.07) is 3.93. The van der Waals surface area contributed by atoms with Crippen LogP contribution in [-0.4, -0.2) is 23.5 Å². The Hall–Kier alpha value is -1.58. The number of hydrogen-bond acceptors (Lipinski definition) is 8. The summed E-state index contributed by atoms with van der Waals surface area (Å²) in [6.07, 6.45) is 2.09. The van der Waals surface area contributed by atoms with Gasteiger partial charge in [0.15, 0.2) is 15.7 Å². The van der Waals surface area contributed by atoms with Crippen molar-refractivity contribution in [2.75, 3.05) is 0 Å². The second-order valence-corrected chi connectivity index (χ2v) is 9.96. The summed E-state index contributed by atoms with van der Waals surface area (Å²) in [7, 11) is -3.46. The largest absolute Gasteiger partial charge is 0.338 e. The molecule has 6 nitrogen and oxygen atoms in total. The van der Waals surface area contributed by atoms with E-state index in [0.717, 1.165) is 22.7 Å². The molecule has 0 spiro atoms. The van der Waals surface area contributed by atoms with Gasteiger partial charge in [-0.15, -0.1) is 22.7 Å². The maximum atomic E-state index is 12.6. The maximum Gasteiger partial charge on any atom is 0.244 e. The summed E-state index contributed by atoms with van der Waals surface area (Å²) in [5, 5.41) is 7.68. The molecule has 1 aliphatic carbocycles. The Labute approximate surface area is 147 Å². The molecule has 1 atom stereocenters. The van der Waals surface area contributed by atoms with Crippen molar-refractivity contribution in [3.8, 4) is 9.88 Å². The van der Waals surface area contributed by atoms with E-state index in [2.05, 4.69) is 15.1 Å². The lowest BCUT2D eigenvalue weighted by atomic mass is 10.4. The zero-order valence-corrected chi connectivity index (χ0v) is 15.3. The minimum Gasteiger partial charge on any atom is -0.338 e. The van der Waals surface area contributed by atoms with Gasteiger partial charge in [-0.3, -0.25) is 0 Å². The Morgan fingerprint density at radius 2 is 2.17 bits per heavy atom. The van der Waals surface area contributed by atoms with Gasteiger partial charge in [-0.1, -0.05) is 11.2 Å². The Morgan fingerprint density at radius 3 is 2.88 bits per heavy atom. The van der Waals surface area contributed by atoms with Crippen molar-refractivity contribution < 1.29 is 12.9 Å². The molecule has 24 heavy (non-hydrogen) atoms. The number of thiazole rings is 1. The molecule has 9 heteroatoms. The van der Waals surface area contributed by atoms with Gasteiger partial charge in [0.2, 0.25) is 5.89 Å². The molecule has 0 aromatic carbocycles. The number of sulfone groups is 1. The highest BCUT2D eigenvalue weighted by Crippen LogP contribution is 2.39. The molecule has 3 heterocycles. The number of thiophene rings is 1. The second-order valence-electron chi connectivity index (χ2n) is 5.84. The molecule has 0 radical (unpaired) electrons. The van der Waals surface area contributed by atoms with E-state index in [-0.39, 0.29) is 11.6 Å². The van der Waals surface area contributed by atoms with E-state index in [4.69, 9.17) is 4.52 Å². The average Bonchev–Trinajstić information content (AvgIpc) is 3.01. The first-order valence-electron chi connectivity index (χ1n) is 7.56. The molecular weight excluding hydrogens is 366 g/mol. The van der Waals surface area contributed by atoms with E-state index >= 15 is 0 Å². The van der Waals surface area contributed by atoms with Crippen LogP contribution in [0, 0.1) is 0 Å². The predicted octanol–water partition coefficient (Wildman–Crippen LogP) is 3.81. The van der Waals surface area contributed by atoms with Crippen LogP contribution in [0.1, 0.15) is 48.3 Å². The van der Waals surface area contributed by atoms with Crippen molar-refractivity contribution in [3.63, 3.8) is 0 Å². The molecular formula is C15H15N3O3S3. The van der Waals surface area contributed by atoms with Crippen molar-refractivity contribution in [2.45, 2.75) is 36.7 Å². The summed E-state index contributed by atoms with van der Waals surface area (Å²) in [5.74, 6) is 1.01. The first kappa shape index (κ1) is 15.9. The van der Waals surface area contributed by atoms with Gasteiger partial charge in [0.25, 0.3) is 0 Å². The molecule has 1 saturated carbocycles. The molecule has 0 aliphatic heterocycles. The van der Waals surface area contributed by atoms with Crippen LogP contribution in [0.2, 0.25) is 0 Å². The van der Waals surface area contributed by atoms with Crippen LogP contribution in [0.15, 0.2) is 27.4 Å². The highest BCUT2D eigenvalue weighted by atomic mass is 32.2. The molecule has 1 aliphatic rings. The molecule has 0 saturated heterocycles. The Bertz CT molecular complexity index is 940. The summed E-state index contributed by atoms with van der Waals surface area (Å²) >= 11 is 3.04. The molecule has 126 valence electrons. The van der Waals surface area contributed by atoms with Crippen molar-refractivity contribution >= 4 is 32.5 Å². The van der Waals surface area contributed by atoms with Crippen LogP contribution in [0.25, 0.3) is 9.88 Å². The van der Waals surface area contributed by atoms with Gasteiger partial charge in [0.1, 0.15) is 10.3 Å². The summed E-state index contributed by atoms with van der Waals surface area (Å²) < 4.78 is 30.4. The first-order valence-corrected chi connectivity index (χ1v) is 11.0. The molecule has 0 N–H and O–H groups in total. The number of aromatic nitrogens is 3. The van der Waals surface area contributed by atoms with Crippen molar-refractivity contribution in [1.82, 2.24) is 15.1 Å². The standard InChI is InChI=1S/C15H15N3O3S3/c1-9(14-17-13(18-21-14)10-4-5-10)24(19,20)8-11-7-23-15(16-11)12-3-2-6-22-12/h2-3,6-7,9-10H,4-5,8H2,1H3/t9-/m1/s1. The number of hydrogen-bond donors (Lipinski definition) is 0. The van der Waals surface area contributed by atoms with Crippen molar-refractivity contribution in [2.24, 2.45) is 0 Å². The fourth-order valence-electron chi connectivity index (χ4n) is 2.29. The van der Waals surface area contributed by atoms with Gasteiger partial charge in [0.05, 0.1) is 16.3 Å². The normalized spacial score (nSPS) is 16.4. The van der Waals surface area contributed by atoms with Crippen LogP contribution >= 0.6 is 22.7 Å². The Balaban J connectivity index is 1.51. The van der Waals surface area contributed by atoms with Crippen LogP contribution in [0.4, 0.5) is 0 Å². The zero-order chi connectivity index (χ0) is 16.7.